The Balaban J connectivity index is 2.45. The molecule has 2 nitrogen and oxygen atoms in total. The van der Waals surface area contributed by atoms with Gasteiger partial charge < -0.3 is 9.84 Å². The highest BCUT2D eigenvalue weighted by Gasteiger charge is 2.16. The molecule has 0 aromatic heterocycles. The van der Waals surface area contributed by atoms with E-state index in [1.807, 2.05) is 0 Å². The number of hydrogen-bond acceptors (Lipinski definition) is 2. The minimum atomic E-state index is -1.13. The van der Waals surface area contributed by atoms with E-state index in [1.165, 1.54) is 12.1 Å². The van der Waals surface area contributed by atoms with Crippen molar-refractivity contribution in [2.75, 3.05) is 13.2 Å². The number of benzene rings is 1. The average Bonchev–Trinajstić information content (AvgIpc) is 2.33. The highest BCUT2D eigenvalue weighted by atomic mass is 19.2. The van der Waals surface area contributed by atoms with E-state index in [9.17, 15) is 13.9 Å². The van der Waals surface area contributed by atoms with Gasteiger partial charge in [-0.1, -0.05) is 32.4 Å². The Labute approximate surface area is 107 Å². The second kappa shape index (κ2) is 7.44. The third kappa shape index (κ3) is 4.35. The maximum atomic E-state index is 13.4. The molecule has 0 bridgehead atoms. The summed E-state index contributed by atoms with van der Waals surface area (Å²) >= 11 is 0. The van der Waals surface area contributed by atoms with Crippen LogP contribution in [-0.2, 0) is 4.74 Å². The molecule has 4 heteroatoms. The molecule has 2 unspecified atom stereocenters. The molecule has 1 rings (SSSR count). The van der Waals surface area contributed by atoms with Gasteiger partial charge in [0.15, 0.2) is 11.6 Å². The van der Waals surface area contributed by atoms with E-state index in [2.05, 4.69) is 13.8 Å². The summed E-state index contributed by atoms with van der Waals surface area (Å²) in [6, 6.07) is 3.76. The SMILES string of the molecule is CCCC(C)COCC(O)c1cccc(F)c1F. The van der Waals surface area contributed by atoms with Gasteiger partial charge in [-0.25, -0.2) is 8.78 Å². The molecule has 0 radical (unpaired) electrons. The van der Waals surface area contributed by atoms with Gasteiger partial charge in [-0.2, -0.15) is 0 Å². The Morgan fingerprint density at radius 2 is 2.00 bits per heavy atom. The molecule has 102 valence electrons. The van der Waals surface area contributed by atoms with Crippen LogP contribution in [0.4, 0.5) is 8.78 Å². The van der Waals surface area contributed by atoms with E-state index in [0.717, 1.165) is 18.9 Å². The van der Waals surface area contributed by atoms with Crippen molar-refractivity contribution in [2.45, 2.75) is 32.8 Å². The number of aliphatic hydroxyl groups excluding tert-OH is 1. The van der Waals surface area contributed by atoms with Crippen molar-refractivity contribution in [3.63, 3.8) is 0 Å². The molecule has 0 heterocycles. The Morgan fingerprint density at radius 3 is 2.67 bits per heavy atom. The summed E-state index contributed by atoms with van der Waals surface area (Å²) in [5.74, 6) is -1.55. The molecule has 0 aliphatic rings. The summed E-state index contributed by atoms with van der Waals surface area (Å²) in [5.41, 5.74) is -0.0573. The Bertz CT molecular complexity index is 369. The number of ether oxygens (including phenoxy) is 1. The predicted octanol–water partition coefficient (Wildman–Crippen LogP) is 3.45. The van der Waals surface area contributed by atoms with Crippen LogP contribution in [-0.4, -0.2) is 18.3 Å². The lowest BCUT2D eigenvalue weighted by molar-refractivity contribution is 0.0197. The summed E-state index contributed by atoms with van der Waals surface area (Å²) < 4.78 is 31.7. The quantitative estimate of drug-likeness (QED) is 0.811. The van der Waals surface area contributed by atoms with Gasteiger partial charge in [-0.05, 0) is 18.4 Å². The molecule has 0 fully saturated rings. The highest BCUT2D eigenvalue weighted by Crippen LogP contribution is 2.19. The van der Waals surface area contributed by atoms with Crippen molar-refractivity contribution in [2.24, 2.45) is 5.92 Å². The van der Waals surface area contributed by atoms with Crippen LogP contribution in [0.3, 0.4) is 0 Å². The summed E-state index contributed by atoms with van der Waals surface area (Å²) in [5, 5.41) is 9.74. The van der Waals surface area contributed by atoms with Crippen molar-refractivity contribution in [1.82, 2.24) is 0 Å². The van der Waals surface area contributed by atoms with Crippen LogP contribution in [0.25, 0.3) is 0 Å². The number of aliphatic hydroxyl groups is 1. The van der Waals surface area contributed by atoms with Crippen molar-refractivity contribution < 1.29 is 18.6 Å². The van der Waals surface area contributed by atoms with Gasteiger partial charge in [-0.3, -0.25) is 0 Å². The lowest BCUT2D eigenvalue weighted by Gasteiger charge is -2.15. The second-order valence-corrected chi connectivity index (χ2v) is 4.59. The van der Waals surface area contributed by atoms with E-state index in [4.69, 9.17) is 4.74 Å². The maximum absolute atomic E-state index is 13.4. The van der Waals surface area contributed by atoms with E-state index in [-0.39, 0.29) is 12.2 Å². The van der Waals surface area contributed by atoms with Gasteiger partial charge in [0.25, 0.3) is 0 Å². The lowest BCUT2D eigenvalue weighted by Crippen LogP contribution is -2.13. The first-order valence-corrected chi connectivity index (χ1v) is 6.26. The first kappa shape index (κ1) is 15.1. The third-order valence-electron chi connectivity index (χ3n) is 2.80. The molecular weight excluding hydrogens is 238 g/mol. The molecule has 0 spiro atoms. The molecule has 18 heavy (non-hydrogen) atoms. The standard InChI is InChI=1S/C14H20F2O2/c1-3-5-10(2)8-18-9-13(17)11-6-4-7-12(15)14(11)16/h4,6-7,10,13,17H,3,5,8-9H2,1-2H3. The molecule has 1 N–H and O–H groups in total. The molecule has 1 aromatic rings. The van der Waals surface area contributed by atoms with Crippen LogP contribution in [0.15, 0.2) is 18.2 Å². The number of rotatable bonds is 7. The zero-order valence-corrected chi connectivity index (χ0v) is 10.8. The van der Waals surface area contributed by atoms with E-state index < -0.39 is 17.7 Å². The minimum Gasteiger partial charge on any atom is -0.386 e. The summed E-state index contributed by atoms with van der Waals surface area (Å²) in [6.45, 7) is 4.64. The van der Waals surface area contributed by atoms with E-state index >= 15 is 0 Å². The van der Waals surface area contributed by atoms with Gasteiger partial charge >= 0.3 is 0 Å². The predicted molar refractivity (Wildman–Crippen MR) is 66.2 cm³/mol. The highest BCUT2D eigenvalue weighted by molar-refractivity contribution is 5.21. The van der Waals surface area contributed by atoms with Crippen LogP contribution in [0.5, 0.6) is 0 Å². The van der Waals surface area contributed by atoms with Gasteiger partial charge in [0, 0.05) is 12.2 Å². The third-order valence-corrected chi connectivity index (χ3v) is 2.80. The van der Waals surface area contributed by atoms with Crippen molar-refractivity contribution >= 4 is 0 Å². The van der Waals surface area contributed by atoms with Crippen LogP contribution in [0.2, 0.25) is 0 Å². The molecule has 0 saturated heterocycles. The van der Waals surface area contributed by atoms with Gasteiger partial charge in [0.1, 0.15) is 6.10 Å². The second-order valence-electron chi connectivity index (χ2n) is 4.59. The zero-order valence-electron chi connectivity index (χ0n) is 10.8. The summed E-state index contributed by atoms with van der Waals surface area (Å²) in [4.78, 5) is 0. The number of halogens is 2. The normalized spacial score (nSPS) is 14.5. The van der Waals surface area contributed by atoms with Crippen LogP contribution in [0, 0.1) is 17.6 Å². The first-order valence-electron chi connectivity index (χ1n) is 6.26. The zero-order chi connectivity index (χ0) is 13.5. The fourth-order valence-corrected chi connectivity index (χ4v) is 1.82. The van der Waals surface area contributed by atoms with Crippen LogP contribution >= 0.6 is 0 Å². The molecule has 2 atom stereocenters. The average molecular weight is 258 g/mol. The first-order chi connectivity index (χ1) is 8.56. The molecule has 1 aromatic carbocycles. The fraction of sp³-hybridized carbons (Fsp3) is 0.571. The monoisotopic (exact) mass is 258 g/mol. The lowest BCUT2D eigenvalue weighted by atomic mass is 10.1. The smallest absolute Gasteiger partial charge is 0.164 e. The van der Waals surface area contributed by atoms with Crippen molar-refractivity contribution in [3.05, 3.63) is 35.4 Å². The van der Waals surface area contributed by atoms with Crippen LogP contribution in [0.1, 0.15) is 38.4 Å². The minimum absolute atomic E-state index is 0.0194. The van der Waals surface area contributed by atoms with E-state index in [0.29, 0.717) is 12.5 Å². The number of hydrogen-bond donors (Lipinski definition) is 1. The summed E-state index contributed by atoms with van der Waals surface area (Å²) in [6.07, 6.45) is 0.991. The van der Waals surface area contributed by atoms with Gasteiger partial charge in [0.05, 0.1) is 6.61 Å². The van der Waals surface area contributed by atoms with Crippen molar-refractivity contribution in [3.8, 4) is 0 Å². The molecular formula is C14H20F2O2. The molecule has 0 saturated carbocycles. The molecule has 0 aliphatic carbocycles. The maximum Gasteiger partial charge on any atom is 0.164 e. The largest absolute Gasteiger partial charge is 0.386 e. The molecule has 0 amide bonds. The topological polar surface area (TPSA) is 29.5 Å². The van der Waals surface area contributed by atoms with Gasteiger partial charge in [-0.15, -0.1) is 0 Å². The Morgan fingerprint density at radius 1 is 1.28 bits per heavy atom. The van der Waals surface area contributed by atoms with Crippen LogP contribution < -0.4 is 0 Å². The fourth-order valence-electron chi connectivity index (χ4n) is 1.82. The van der Waals surface area contributed by atoms with E-state index in [1.54, 1.807) is 0 Å². The van der Waals surface area contributed by atoms with Gasteiger partial charge in [0.2, 0.25) is 0 Å². The Kier molecular flexibility index (Phi) is 6.22. The Hall–Kier alpha value is -1.00. The molecule has 0 aliphatic heterocycles. The van der Waals surface area contributed by atoms with Crippen molar-refractivity contribution in [1.29, 1.82) is 0 Å². The summed E-state index contributed by atoms with van der Waals surface area (Å²) in [7, 11) is 0.